The van der Waals surface area contributed by atoms with Crippen molar-refractivity contribution in [3.63, 3.8) is 0 Å². The minimum absolute atomic E-state index is 0.141. The lowest BCUT2D eigenvalue weighted by Crippen LogP contribution is -2.16. The van der Waals surface area contributed by atoms with Crippen molar-refractivity contribution >= 4 is 39.8 Å². The van der Waals surface area contributed by atoms with Crippen LogP contribution in [-0.2, 0) is 6.18 Å². The van der Waals surface area contributed by atoms with Crippen LogP contribution in [0.4, 0.5) is 18.2 Å². The van der Waals surface area contributed by atoms with E-state index in [1.165, 1.54) is 24.3 Å². The number of aromatic carboxylic acids is 1. The van der Waals surface area contributed by atoms with Gasteiger partial charge in [-0.3, -0.25) is 4.79 Å². The largest absolute Gasteiger partial charge is 0.478 e. The summed E-state index contributed by atoms with van der Waals surface area (Å²) in [6.45, 7) is 0. The third-order valence-corrected chi connectivity index (χ3v) is 3.79. The second-order valence-electron chi connectivity index (χ2n) is 4.12. The van der Waals surface area contributed by atoms with E-state index in [-0.39, 0.29) is 10.6 Å². The van der Waals surface area contributed by atoms with Crippen molar-refractivity contribution in [1.82, 2.24) is 0 Å². The van der Waals surface area contributed by atoms with Gasteiger partial charge in [0.25, 0.3) is 5.91 Å². The van der Waals surface area contributed by atoms with Crippen molar-refractivity contribution in [3.8, 4) is 0 Å². The van der Waals surface area contributed by atoms with Gasteiger partial charge in [-0.05, 0) is 24.3 Å². The van der Waals surface area contributed by atoms with Crippen LogP contribution in [0.1, 0.15) is 26.3 Å². The standard InChI is InChI=1S/C13H7ClF3NO3S/c14-7-3-1-6(2-4-7)10(19)18-11-9(12(20)21)8(5-22-11)13(15,16)17/h1-5H,(H,18,19)(H,20,21). The zero-order valence-electron chi connectivity index (χ0n) is 10.6. The molecular weight excluding hydrogens is 343 g/mol. The van der Waals surface area contributed by atoms with Crippen LogP contribution in [0.25, 0.3) is 0 Å². The van der Waals surface area contributed by atoms with Crippen molar-refractivity contribution in [1.29, 1.82) is 0 Å². The molecule has 2 aromatic rings. The van der Waals surface area contributed by atoms with Gasteiger partial charge in [0.15, 0.2) is 0 Å². The molecule has 9 heteroatoms. The number of benzene rings is 1. The van der Waals surface area contributed by atoms with E-state index in [0.717, 1.165) is 0 Å². The SMILES string of the molecule is O=C(Nc1scc(C(F)(F)F)c1C(=O)O)c1ccc(Cl)cc1. The number of alkyl halides is 3. The van der Waals surface area contributed by atoms with Gasteiger partial charge in [0.2, 0.25) is 0 Å². The molecule has 0 aliphatic rings. The van der Waals surface area contributed by atoms with E-state index in [0.29, 0.717) is 21.7 Å². The van der Waals surface area contributed by atoms with Gasteiger partial charge in [-0.15, -0.1) is 11.3 Å². The molecule has 0 saturated carbocycles. The van der Waals surface area contributed by atoms with Crippen LogP contribution in [0, 0.1) is 0 Å². The number of hydrogen-bond donors (Lipinski definition) is 2. The molecule has 0 unspecified atom stereocenters. The first kappa shape index (κ1) is 16.3. The summed E-state index contributed by atoms with van der Waals surface area (Å²) >= 11 is 6.16. The molecule has 0 radical (unpaired) electrons. The van der Waals surface area contributed by atoms with Gasteiger partial charge in [-0.1, -0.05) is 11.6 Å². The quantitative estimate of drug-likeness (QED) is 0.864. The summed E-state index contributed by atoms with van der Waals surface area (Å²) in [5.41, 5.74) is -2.13. The Labute approximate surface area is 131 Å². The minimum Gasteiger partial charge on any atom is -0.478 e. The summed E-state index contributed by atoms with van der Waals surface area (Å²) < 4.78 is 38.2. The lowest BCUT2D eigenvalue weighted by atomic mass is 10.1. The fourth-order valence-electron chi connectivity index (χ4n) is 1.65. The summed E-state index contributed by atoms with van der Waals surface area (Å²) in [4.78, 5) is 23.0. The Kier molecular flexibility index (Phi) is 4.43. The summed E-state index contributed by atoms with van der Waals surface area (Å²) in [6.07, 6.45) is -4.81. The van der Waals surface area contributed by atoms with Gasteiger partial charge in [-0.2, -0.15) is 13.2 Å². The first-order valence-corrected chi connectivity index (χ1v) is 6.95. The number of thiophene rings is 1. The van der Waals surface area contributed by atoms with Crippen LogP contribution in [0.5, 0.6) is 0 Å². The van der Waals surface area contributed by atoms with Gasteiger partial charge in [0.05, 0.1) is 5.56 Å². The average molecular weight is 350 g/mol. The highest BCUT2D eigenvalue weighted by Crippen LogP contribution is 2.39. The van der Waals surface area contributed by atoms with Crippen LogP contribution in [-0.4, -0.2) is 17.0 Å². The van der Waals surface area contributed by atoms with Gasteiger partial charge in [0, 0.05) is 16.0 Å². The molecular formula is C13H7ClF3NO3S. The van der Waals surface area contributed by atoms with E-state index in [2.05, 4.69) is 5.32 Å². The van der Waals surface area contributed by atoms with E-state index in [1.807, 2.05) is 0 Å². The predicted molar refractivity (Wildman–Crippen MR) is 75.7 cm³/mol. The zero-order chi connectivity index (χ0) is 16.5. The van der Waals surface area contributed by atoms with Gasteiger partial charge in [-0.25, -0.2) is 4.79 Å². The number of carbonyl (C=O) groups excluding carboxylic acids is 1. The van der Waals surface area contributed by atoms with Crippen molar-refractivity contribution in [2.45, 2.75) is 6.18 Å². The van der Waals surface area contributed by atoms with E-state index in [9.17, 15) is 22.8 Å². The lowest BCUT2D eigenvalue weighted by molar-refractivity contribution is -0.137. The van der Waals surface area contributed by atoms with E-state index in [4.69, 9.17) is 16.7 Å². The number of carboxylic acid groups (broad SMARTS) is 1. The molecule has 0 aliphatic heterocycles. The van der Waals surface area contributed by atoms with Crippen LogP contribution in [0.3, 0.4) is 0 Å². The number of anilines is 1. The van der Waals surface area contributed by atoms with Crippen LogP contribution in [0.2, 0.25) is 5.02 Å². The maximum Gasteiger partial charge on any atom is 0.418 e. The van der Waals surface area contributed by atoms with Crippen LogP contribution in [0.15, 0.2) is 29.6 Å². The fraction of sp³-hybridized carbons (Fsp3) is 0.0769. The van der Waals surface area contributed by atoms with Crippen molar-refractivity contribution < 1.29 is 27.9 Å². The number of carbonyl (C=O) groups is 2. The Bertz CT molecular complexity index is 725. The molecule has 0 atom stereocenters. The topological polar surface area (TPSA) is 66.4 Å². The number of nitrogens with one attached hydrogen (secondary N) is 1. The van der Waals surface area contributed by atoms with Gasteiger partial charge in [0.1, 0.15) is 10.6 Å². The molecule has 0 fully saturated rings. The molecule has 2 rings (SSSR count). The second kappa shape index (κ2) is 5.98. The monoisotopic (exact) mass is 349 g/mol. The lowest BCUT2D eigenvalue weighted by Gasteiger charge is -2.08. The third kappa shape index (κ3) is 3.40. The smallest absolute Gasteiger partial charge is 0.418 e. The molecule has 1 heterocycles. The third-order valence-electron chi connectivity index (χ3n) is 2.64. The van der Waals surface area contributed by atoms with E-state index >= 15 is 0 Å². The molecule has 0 aliphatic carbocycles. The molecule has 1 aromatic carbocycles. The normalized spacial score (nSPS) is 11.3. The highest BCUT2D eigenvalue weighted by Gasteiger charge is 2.38. The Morgan fingerprint density at radius 2 is 1.77 bits per heavy atom. The first-order valence-electron chi connectivity index (χ1n) is 5.69. The van der Waals surface area contributed by atoms with E-state index < -0.39 is 29.2 Å². The van der Waals surface area contributed by atoms with Crippen molar-refractivity contribution in [2.24, 2.45) is 0 Å². The second-order valence-corrected chi connectivity index (χ2v) is 5.43. The van der Waals surface area contributed by atoms with Crippen LogP contribution >= 0.6 is 22.9 Å². The molecule has 116 valence electrons. The van der Waals surface area contributed by atoms with Gasteiger partial charge >= 0.3 is 12.1 Å². The van der Waals surface area contributed by atoms with Crippen molar-refractivity contribution in [3.05, 3.63) is 51.4 Å². The summed E-state index contributed by atoms with van der Waals surface area (Å²) in [7, 11) is 0. The minimum atomic E-state index is -4.81. The highest BCUT2D eigenvalue weighted by atomic mass is 35.5. The molecule has 0 saturated heterocycles. The average Bonchev–Trinajstić information content (AvgIpc) is 2.83. The molecule has 0 bridgehead atoms. The highest BCUT2D eigenvalue weighted by molar-refractivity contribution is 7.15. The van der Waals surface area contributed by atoms with Crippen LogP contribution < -0.4 is 5.32 Å². The fourth-order valence-corrected chi connectivity index (χ4v) is 2.73. The molecule has 22 heavy (non-hydrogen) atoms. The molecule has 4 nitrogen and oxygen atoms in total. The summed E-state index contributed by atoms with van der Waals surface area (Å²) in [6, 6.07) is 5.61. The maximum atomic E-state index is 12.7. The predicted octanol–water partition coefficient (Wildman–Crippen LogP) is 4.37. The van der Waals surface area contributed by atoms with Gasteiger partial charge < -0.3 is 10.4 Å². The Morgan fingerprint density at radius 3 is 2.27 bits per heavy atom. The first-order chi connectivity index (χ1) is 10.2. The Morgan fingerprint density at radius 1 is 1.18 bits per heavy atom. The molecule has 2 N–H and O–H groups in total. The maximum absolute atomic E-state index is 12.7. The van der Waals surface area contributed by atoms with E-state index in [1.54, 1.807) is 0 Å². The molecule has 1 amide bonds. The Balaban J connectivity index is 2.34. The summed E-state index contributed by atoms with van der Waals surface area (Å²) in [5, 5.41) is 11.8. The number of hydrogen-bond acceptors (Lipinski definition) is 3. The number of rotatable bonds is 3. The number of halogens is 4. The molecule has 0 spiro atoms. The summed E-state index contributed by atoms with van der Waals surface area (Å²) in [5.74, 6) is -2.49. The zero-order valence-corrected chi connectivity index (χ0v) is 12.1. The number of amides is 1. The number of carboxylic acids is 1. The van der Waals surface area contributed by atoms with Crippen molar-refractivity contribution in [2.75, 3.05) is 5.32 Å². The Hall–Kier alpha value is -2.06. The molecule has 1 aromatic heterocycles.